The van der Waals surface area contributed by atoms with Crippen LogP contribution < -0.4 is 32.8 Å². The number of allylic oxidation sites excluding steroid dienone is 5. The van der Waals surface area contributed by atoms with E-state index in [1.807, 2.05) is 0 Å². The highest BCUT2D eigenvalue weighted by Crippen LogP contribution is 2.40. The van der Waals surface area contributed by atoms with Crippen LogP contribution >= 0.6 is 23.1 Å². The summed E-state index contributed by atoms with van der Waals surface area (Å²) in [4.78, 5) is 84.3. The number of thiazole rings is 1. The molecule has 5 heterocycles. The maximum absolute atomic E-state index is 13.3. The van der Waals surface area contributed by atoms with Gasteiger partial charge in [-0.2, -0.15) is 9.31 Å². The first-order valence-corrected chi connectivity index (χ1v) is 18.3. The summed E-state index contributed by atoms with van der Waals surface area (Å²) in [5, 5.41) is 51.1. The van der Waals surface area contributed by atoms with E-state index in [-0.39, 0.29) is 47.6 Å². The van der Waals surface area contributed by atoms with E-state index in [1.165, 1.54) is 24.1 Å². The van der Waals surface area contributed by atoms with Crippen LogP contribution in [0.5, 0.6) is 5.75 Å². The fourth-order valence-electron chi connectivity index (χ4n) is 5.18. The van der Waals surface area contributed by atoms with Crippen LogP contribution in [-0.4, -0.2) is 124 Å². The molecule has 1 fully saturated rings. The second-order valence-corrected chi connectivity index (χ2v) is 13.9. The van der Waals surface area contributed by atoms with E-state index in [1.54, 1.807) is 47.4 Å². The van der Waals surface area contributed by atoms with Gasteiger partial charge in [0, 0.05) is 36.4 Å². The third-order valence-electron chi connectivity index (χ3n) is 7.99. The van der Waals surface area contributed by atoms with Crippen LogP contribution in [-0.2, 0) is 24.0 Å². The van der Waals surface area contributed by atoms with Gasteiger partial charge in [-0.3, -0.25) is 24.1 Å². The molecular formula is C33H35N10O11S2+. The number of amides is 3. The van der Waals surface area contributed by atoms with Gasteiger partial charge in [-0.05, 0) is 24.6 Å². The minimum atomic E-state index is -1.40. The Labute approximate surface area is 324 Å². The van der Waals surface area contributed by atoms with Crippen LogP contribution in [0.25, 0.3) is 0 Å². The molecule has 0 spiro atoms. The number of carbonyl (C=O) groups is 5. The molecule has 0 saturated carbocycles. The van der Waals surface area contributed by atoms with Crippen molar-refractivity contribution < 1.29 is 53.9 Å². The number of nitrogen functional groups attached to an aromatic ring is 1. The van der Waals surface area contributed by atoms with E-state index in [0.717, 1.165) is 22.3 Å². The lowest BCUT2D eigenvalue weighted by Gasteiger charge is -2.49. The Morgan fingerprint density at radius 3 is 2.66 bits per heavy atom. The summed E-state index contributed by atoms with van der Waals surface area (Å²) in [5.74, 6) is -5.60. The Hall–Kier alpha value is -6.88. The molecule has 3 aliphatic rings. The minimum Gasteiger partial charge on any atom is -0.503 e. The Morgan fingerprint density at radius 1 is 1.20 bits per heavy atom. The molecule has 1 saturated heterocycles. The molecule has 3 amide bonds. The predicted molar refractivity (Wildman–Crippen MR) is 201 cm³/mol. The molecule has 5 rings (SSSR count). The zero-order valence-electron chi connectivity index (χ0n) is 29.2. The van der Waals surface area contributed by atoms with E-state index in [0.29, 0.717) is 27.9 Å². The number of β-lactam (4-membered cyclic amide) rings is 1. The Bertz CT molecular complexity index is 2240. The summed E-state index contributed by atoms with van der Waals surface area (Å²) in [6.45, 7) is 1.67. The van der Waals surface area contributed by atoms with Crippen molar-refractivity contribution in [1.82, 2.24) is 30.6 Å². The van der Waals surface area contributed by atoms with Crippen LogP contribution in [0.3, 0.4) is 0 Å². The Balaban J connectivity index is 1.23. The summed E-state index contributed by atoms with van der Waals surface area (Å²) in [6, 6.07) is -0.345. The van der Waals surface area contributed by atoms with Gasteiger partial charge in [0.05, 0.1) is 11.9 Å². The van der Waals surface area contributed by atoms with Gasteiger partial charge < -0.3 is 52.8 Å². The quantitative estimate of drug-likeness (QED) is 0.0251. The Kier molecular flexibility index (Phi) is 12.6. The lowest BCUT2D eigenvalue weighted by Crippen LogP contribution is -2.71. The first-order chi connectivity index (χ1) is 26.7. The maximum atomic E-state index is 13.3. The Morgan fingerprint density at radius 2 is 1.96 bits per heavy atom. The van der Waals surface area contributed by atoms with Crippen LogP contribution in [0.15, 0.2) is 86.8 Å². The topological polar surface area (TPSA) is 317 Å². The van der Waals surface area contributed by atoms with E-state index in [9.17, 15) is 44.2 Å². The van der Waals surface area contributed by atoms with E-state index < -0.39 is 64.1 Å². The molecule has 21 nitrogen and oxygen atoms in total. The lowest BCUT2D eigenvalue weighted by molar-refractivity contribution is -0.439. The van der Waals surface area contributed by atoms with Gasteiger partial charge in [0.1, 0.15) is 34.2 Å². The number of hydrogen-bond donors (Lipinski definition) is 9. The lowest BCUT2D eigenvalue weighted by atomic mass is 10.0. The van der Waals surface area contributed by atoms with E-state index >= 15 is 0 Å². The van der Waals surface area contributed by atoms with E-state index in [4.69, 9.17) is 21.4 Å². The summed E-state index contributed by atoms with van der Waals surface area (Å²) in [5.41, 5.74) is 11.2. The first-order valence-electron chi connectivity index (χ1n) is 16.3. The number of nitrogens with two attached hydrogens (primary N) is 2. The number of carboxylic acids is 2. The molecule has 0 aliphatic carbocycles. The number of carboxylic acid groups (broad SMARTS) is 2. The van der Waals surface area contributed by atoms with Crippen molar-refractivity contribution in [2.24, 2.45) is 10.9 Å². The van der Waals surface area contributed by atoms with E-state index in [2.05, 4.69) is 26.1 Å². The fourth-order valence-corrected chi connectivity index (χ4v) is 7.04. The number of aromatic nitrogens is 2. The molecule has 23 heteroatoms. The number of aromatic hydroxyl groups is 1. The van der Waals surface area contributed by atoms with Gasteiger partial charge in [0.25, 0.3) is 17.7 Å². The van der Waals surface area contributed by atoms with Crippen LogP contribution in [0.1, 0.15) is 23.1 Å². The van der Waals surface area contributed by atoms with Crippen LogP contribution in [0.4, 0.5) is 5.13 Å². The number of anilines is 1. The van der Waals surface area contributed by atoms with Crippen molar-refractivity contribution in [3.63, 3.8) is 0 Å². The van der Waals surface area contributed by atoms with Crippen molar-refractivity contribution in [3.05, 3.63) is 98.5 Å². The molecule has 1 unspecified atom stereocenters. The molecule has 0 bridgehead atoms. The average Bonchev–Trinajstić information content (AvgIpc) is 3.58. The standard InChI is InChI=1S/C33H34N10O11S2/c1-16(31(49)50)54-40-24(20-15-56-33(35)38-20)28(47)39-25-29(48)43-26(32(51)52)17(14-55-30(25)43)5-4-10-41-9-3-2-6-18(34)19(12-41)36-7-8-37-27(46)21-11-22(44)23(45)13-42(21)53/h2-6,9,11-13,15-16,25,30,34,36,53H,7-8,10,14H2,1H3,(H7,35,37,38,39,45,46,47,49,50,51,52)/p+1/b5-4+,6-2+,9-3+,19-12?,40-24-/t16-,25+,30?/m0/s1. The number of fused-ring (bicyclic) bond motifs is 1. The molecular weight excluding hydrogens is 777 g/mol. The molecule has 2 aromatic heterocycles. The molecule has 0 radical (unpaired) electrons. The molecule has 11 N–H and O–H groups in total. The average molecular weight is 812 g/mol. The second kappa shape index (κ2) is 17.5. The third-order valence-corrected chi connectivity index (χ3v) is 9.97. The minimum absolute atomic E-state index is 0.0115. The van der Waals surface area contributed by atoms with Crippen molar-refractivity contribution in [3.8, 4) is 5.75 Å². The summed E-state index contributed by atoms with van der Waals surface area (Å²) >= 11 is 2.22. The number of nitrogens with zero attached hydrogens (tertiary/aromatic N) is 5. The highest BCUT2D eigenvalue weighted by molar-refractivity contribution is 8.00. The van der Waals surface area contributed by atoms with Crippen molar-refractivity contribution in [2.75, 3.05) is 31.1 Å². The molecule has 294 valence electrons. The highest BCUT2D eigenvalue weighted by atomic mass is 32.2. The van der Waals surface area contributed by atoms with Gasteiger partial charge in [-0.1, -0.05) is 17.3 Å². The molecule has 3 atom stereocenters. The smallest absolute Gasteiger partial charge is 0.352 e. The van der Waals surface area contributed by atoms with Gasteiger partial charge in [-0.25, -0.2) is 14.6 Å². The highest BCUT2D eigenvalue weighted by Gasteiger charge is 2.54. The number of hydrogen-bond acceptors (Lipinski definition) is 16. The summed E-state index contributed by atoms with van der Waals surface area (Å²) in [7, 11) is 0. The number of thioether (sulfide) groups is 1. The first kappa shape index (κ1) is 40.3. The molecule has 3 aliphatic heterocycles. The van der Waals surface area contributed by atoms with Gasteiger partial charge in [0.2, 0.25) is 11.5 Å². The number of rotatable bonds is 15. The van der Waals surface area contributed by atoms with Crippen molar-refractivity contribution in [2.45, 2.75) is 24.4 Å². The third kappa shape index (κ3) is 9.25. The summed E-state index contributed by atoms with van der Waals surface area (Å²) < 4.78 is 2.08. The van der Waals surface area contributed by atoms with Gasteiger partial charge in [0.15, 0.2) is 35.6 Å². The van der Waals surface area contributed by atoms with Gasteiger partial charge in [-0.15, -0.1) is 23.1 Å². The van der Waals surface area contributed by atoms with Gasteiger partial charge >= 0.3 is 11.9 Å². The number of oxime groups is 1. The monoisotopic (exact) mass is 811 g/mol. The number of nitrogens with one attached hydrogen (secondary N) is 3. The SMILES string of the molecule is C[C@H](O/N=C(\C(=O)N[C@@H]1C(=O)N2C(C(=O)O)=C(/C=C/C[N+]3=C/C(NCCNC(=O)c4cc(=O)c(O)cn4O)=C(N)\C=C\C=C\3)CSC12)c1csc(N)n1)C(=O)O. The molecule has 0 aromatic carbocycles. The largest absolute Gasteiger partial charge is 0.503 e. The van der Waals surface area contributed by atoms with Crippen molar-refractivity contribution >= 4 is 69.8 Å². The van der Waals surface area contributed by atoms with Crippen LogP contribution in [0, 0.1) is 0 Å². The zero-order chi connectivity index (χ0) is 40.7. The number of aliphatic carboxylic acids is 2. The molecule has 56 heavy (non-hydrogen) atoms. The maximum Gasteiger partial charge on any atom is 0.352 e. The van der Waals surface area contributed by atoms with Crippen molar-refractivity contribution in [1.29, 1.82) is 0 Å². The predicted octanol–water partition coefficient (Wildman–Crippen LogP) is -1.32. The second-order valence-electron chi connectivity index (χ2n) is 11.9. The zero-order valence-corrected chi connectivity index (χ0v) is 30.8. The number of carbonyl (C=O) groups excluding carboxylic acids is 3. The fraction of sp³-hybridized carbons (Fsp3) is 0.242. The summed E-state index contributed by atoms with van der Waals surface area (Å²) in [6.07, 6.45) is 11.1. The molecule has 2 aromatic rings. The number of pyridine rings is 1. The normalized spacial score (nSPS) is 22.1. The van der Waals surface area contributed by atoms with Crippen LogP contribution in [0.2, 0.25) is 0 Å².